The van der Waals surface area contributed by atoms with Crippen molar-refractivity contribution < 1.29 is 4.79 Å². The molecule has 0 atom stereocenters. The van der Waals surface area contributed by atoms with Gasteiger partial charge in [0.05, 0.1) is 0 Å². The monoisotopic (exact) mass is 235 g/mol. The van der Waals surface area contributed by atoms with Crippen molar-refractivity contribution in [2.45, 2.75) is 19.3 Å². The standard InChI is InChI=1S/C11H17N5O/c1-12-11(17)9-5-6-10(14-13-9)15-16-7-3-2-4-8-16/h5-6H,2-4,7-8H2,1H3,(H,12,17)(H,14,15). The van der Waals surface area contributed by atoms with Gasteiger partial charge in [-0.1, -0.05) is 6.42 Å². The van der Waals surface area contributed by atoms with Gasteiger partial charge in [0.2, 0.25) is 0 Å². The third-order valence-electron chi connectivity index (χ3n) is 2.75. The number of nitrogens with zero attached hydrogens (tertiary/aromatic N) is 3. The van der Waals surface area contributed by atoms with Crippen LogP contribution in [0, 0.1) is 0 Å². The molecule has 6 nitrogen and oxygen atoms in total. The number of hydrazine groups is 1. The second-order valence-corrected chi connectivity index (χ2v) is 4.04. The van der Waals surface area contributed by atoms with Crippen molar-refractivity contribution in [1.82, 2.24) is 20.5 Å². The number of carbonyl (C=O) groups is 1. The third-order valence-corrected chi connectivity index (χ3v) is 2.75. The Morgan fingerprint density at radius 2 is 2.00 bits per heavy atom. The third kappa shape index (κ3) is 3.13. The van der Waals surface area contributed by atoms with Gasteiger partial charge in [-0.2, -0.15) is 0 Å². The van der Waals surface area contributed by atoms with Crippen LogP contribution in [0.1, 0.15) is 29.8 Å². The van der Waals surface area contributed by atoms with Crippen LogP contribution in [0.25, 0.3) is 0 Å². The van der Waals surface area contributed by atoms with E-state index in [0.717, 1.165) is 13.1 Å². The maximum atomic E-state index is 11.3. The number of piperidine rings is 1. The first-order valence-electron chi connectivity index (χ1n) is 5.87. The van der Waals surface area contributed by atoms with Crippen LogP contribution in [0.15, 0.2) is 12.1 Å². The summed E-state index contributed by atoms with van der Waals surface area (Å²) < 4.78 is 0. The summed E-state index contributed by atoms with van der Waals surface area (Å²) in [4.78, 5) is 11.3. The van der Waals surface area contributed by atoms with Gasteiger partial charge >= 0.3 is 0 Å². The van der Waals surface area contributed by atoms with Crippen LogP contribution in [0.4, 0.5) is 5.82 Å². The molecule has 0 aliphatic carbocycles. The predicted octanol–water partition coefficient (Wildman–Crippen LogP) is 0.649. The van der Waals surface area contributed by atoms with Gasteiger partial charge in [-0.3, -0.25) is 4.79 Å². The van der Waals surface area contributed by atoms with Gasteiger partial charge in [0.25, 0.3) is 5.91 Å². The van der Waals surface area contributed by atoms with E-state index >= 15 is 0 Å². The number of hydrogen-bond acceptors (Lipinski definition) is 5. The molecule has 6 heteroatoms. The highest BCUT2D eigenvalue weighted by molar-refractivity contribution is 5.91. The van der Waals surface area contributed by atoms with Crippen LogP contribution in [0.5, 0.6) is 0 Å². The number of nitrogens with one attached hydrogen (secondary N) is 2. The summed E-state index contributed by atoms with van der Waals surface area (Å²) in [6.45, 7) is 2.05. The Morgan fingerprint density at radius 1 is 1.24 bits per heavy atom. The number of aromatic nitrogens is 2. The normalized spacial score (nSPS) is 16.5. The number of rotatable bonds is 3. The quantitative estimate of drug-likeness (QED) is 0.805. The van der Waals surface area contributed by atoms with E-state index in [4.69, 9.17) is 0 Å². The fraction of sp³-hybridized carbons (Fsp3) is 0.545. The van der Waals surface area contributed by atoms with Crippen molar-refractivity contribution in [2.75, 3.05) is 25.6 Å². The van der Waals surface area contributed by atoms with Crippen LogP contribution in [-0.2, 0) is 0 Å². The van der Waals surface area contributed by atoms with E-state index in [9.17, 15) is 4.79 Å². The second kappa shape index (κ2) is 5.58. The van der Waals surface area contributed by atoms with Gasteiger partial charge in [0.1, 0.15) is 0 Å². The van der Waals surface area contributed by atoms with E-state index in [1.54, 1.807) is 19.2 Å². The van der Waals surface area contributed by atoms with E-state index in [1.165, 1.54) is 19.3 Å². The molecule has 1 aliphatic rings. The Balaban J connectivity index is 1.95. The molecule has 2 N–H and O–H groups in total. The predicted molar refractivity (Wildman–Crippen MR) is 64.5 cm³/mol. The average molecular weight is 235 g/mol. The van der Waals surface area contributed by atoms with Gasteiger partial charge in [-0.05, 0) is 25.0 Å². The van der Waals surface area contributed by atoms with Gasteiger partial charge in [0.15, 0.2) is 11.5 Å². The highest BCUT2D eigenvalue weighted by Crippen LogP contribution is 2.10. The summed E-state index contributed by atoms with van der Waals surface area (Å²) in [7, 11) is 1.57. The minimum Gasteiger partial charge on any atom is -0.354 e. The lowest BCUT2D eigenvalue weighted by atomic mass is 10.2. The van der Waals surface area contributed by atoms with Crippen molar-refractivity contribution in [3.05, 3.63) is 17.8 Å². The molecule has 92 valence electrons. The molecule has 1 aromatic heterocycles. The first-order valence-corrected chi connectivity index (χ1v) is 5.87. The minimum atomic E-state index is -0.220. The molecule has 1 aromatic rings. The summed E-state index contributed by atoms with van der Waals surface area (Å²) in [5.41, 5.74) is 3.52. The Bertz CT molecular complexity index is 372. The fourth-order valence-corrected chi connectivity index (χ4v) is 1.81. The lowest BCUT2D eigenvalue weighted by Crippen LogP contribution is -2.35. The second-order valence-electron chi connectivity index (χ2n) is 4.04. The summed E-state index contributed by atoms with van der Waals surface area (Å²) in [5.74, 6) is 0.460. The van der Waals surface area contributed by atoms with Gasteiger partial charge in [-0.15, -0.1) is 10.2 Å². The zero-order valence-electron chi connectivity index (χ0n) is 9.94. The molecule has 0 saturated carbocycles. The highest BCUT2D eigenvalue weighted by Gasteiger charge is 2.11. The Kier molecular flexibility index (Phi) is 3.87. The molecule has 17 heavy (non-hydrogen) atoms. The number of carbonyl (C=O) groups excluding carboxylic acids is 1. The summed E-state index contributed by atoms with van der Waals surface area (Å²) in [6.07, 6.45) is 3.70. The fourth-order valence-electron chi connectivity index (χ4n) is 1.81. The first kappa shape index (κ1) is 11.8. The lowest BCUT2D eigenvalue weighted by molar-refractivity contribution is 0.0957. The molecule has 1 saturated heterocycles. The molecule has 1 amide bonds. The zero-order chi connectivity index (χ0) is 12.1. The number of hydrogen-bond donors (Lipinski definition) is 2. The van der Waals surface area contributed by atoms with E-state index in [0.29, 0.717) is 11.5 Å². The lowest BCUT2D eigenvalue weighted by Gasteiger charge is -2.26. The molecule has 0 aromatic carbocycles. The topological polar surface area (TPSA) is 70.2 Å². The molecule has 1 aliphatic heterocycles. The molecule has 2 heterocycles. The van der Waals surface area contributed by atoms with E-state index in [-0.39, 0.29) is 5.91 Å². The molecular formula is C11H17N5O. The van der Waals surface area contributed by atoms with Crippen molar-refractivity contribution in [3.63, 3.8) is 0 Å². The van der Waals surface area contributed by atoms with E-state index in [2.05, 4.69) is 25.9 Å². The number of anilines is 1. The largest absolute Gasteiger partial charge is 0.354 e. The molecule has 1 fully saturated rings. The average Bonchev–Trinajstić information content (AvgIpc) is 2.40. The van der Waals surface area contributed by atoms with Crippen LogP contribution in [0.3, 0.4) is 0 Å². The molecule has 0 spiro atoms. The Morgan fingerprint density at radius 3 is 2.59 bits per heavy atom. The minimum absolute atomic E-state index is 0.220. The number of amides is 1. The highest BCUT2D eigenvalue weighted by atomic mass is 16.1. The van der Waals surface area contributed by atoms with Crippen molar-refractivity contribution >= 4 is 11.7 Å². The summed E-state index contributed by atoms with van der Waals surface area (Å²) in [6, 6.07) is 3.43. The first-order chi connectivity index (χ1) is 8.29. The Labute approximate surface area is 100 Å². The van der Waals surface area contributed by atoms with Gasteiger partial charge in [-0.25, -0.2) is 5.01 Å². The summed E-state index contributed by atoms with van der Waals surface area (Å²) >= 11 is 0. The van der Waals surface area contributed by atoms with Crippen molar-refractivity contribution in [1.29, 1.82) is 0 Å². The SMILES string of the molecule is CNC(=O)c1ccc(NN2CCCCC2)nn1. The van der Waals surface area contributed by atoms with Crippen LogP contribution in [0.2, 0.25) is 0 Å². The Hall–Kier alpha value is -1.69. The van der Waals surface area contributed by atoms with Crippen LogP contribution >= 0.6 is 0 Å². The maximum absolute atomic E-state index is 11.3. The molecule has 0 bridgehead atoms. The molecule has 2 rings (SSSR count). The van der Waals surface area contributed by atoms with Crippen LogP contribution < -0.4 is 10.7 Å². The van der Waals surface area contributed by atoms with Crippen LogP contribution in [-0.4, -0.2) is 41.3 Å². The summed E-state index contributed by atoms with van der Waals surface area (Å²) in [5, 5.41) is 12.5. The molecule has 0 unspecified atom stereocenters. The smallest absolute Gasteiger partial charge is 0.271 e. The van der Waals surface area contributed by atoms with Gasteiger partial charge < -0.3 is 10.7 Å². The molecular weight excluding hydrogens is 218 g/mol. The van der Waals surface area contributed by atoms with Crippen molar-refractivity contribution in [2.24, 2.45) is 0 Å². The van der Waals surface area contributed by atoms with Gasteiger partial charge in [0, 0.05) is 20.1 Å². The van der Waals surface area contributed by atoms with Crippen molar-refractivity contribution in [3.8, 4) is 0 Å². The maximum Gasteiger partial charge on any atom is 0.271 e. The van der Waals surface area contributed by atoms with E-state index < -0.39 is 0 Å². The zero-order valence-corrected chi connectivity index (χ0v) is 9.94. The van der Waals surface area contributed by atoms with E-state index in [1.807, 2.05) is 0 Å². The molecule has 0 radical (unpaired) electrons.